The standard InChI is InChI=1S/C72H99O3P/c1-4-7-10-13-16-19-22-25-46-61-70(64-49-34-28-35-50-64,65-51-36-29-37-52-65)73-76(74-71(66-53-38-30-39-54-66,67-55-40-31-41-56-67)62-47-26-23-20-17-14-11-8-5-2)75-72(68-57-42-32-43-58-68,69-59-44-33-45-60-69)63-48-27-24-21-18-15-12-9-6-3/h28-45,49-60H,4-27,46-48,61-63H2,1-3H3. The lowest BCUT2D eigenvalue weighted by atomic mass is 9.82. The smallest absolute Gasteiger partial charge is 0.296 e. The van der Waals surface area contributed by atoms with E-state index in [2.05, 4.69) is 203 Å². The first-order valence-electron chi connectivity index (χ1n) is 30.8. The molecule has 0 N–H and O–H groups in total. The van der Waals surface area contributed by atoms with Gasteiger partial charge in [-0.2, -0.15) is 0 Å². The van der Waals surface area contributed by atoms with Gasteiger partial charge in [0.15, 0.2) is 0 Å². The van der Waals surface area contributed by atoms with Crippen LogP contribution < -0.4 is 0 Å². The predicted octanol–water partition coefficient (Wildman–Crippen LogP) is 22.9. The van der Waals surface area contributed by atoms with Crippen LogP contribution in [0, 0.1) is 0 Å². The Morgan fingerprint density at radius 1 is 0.224 bits per heavy atom. The van der Waals surface area contributed by atoms with Crippen molar-refractivity contribution in [2.75, 3.05) is 0 Å². The summed E-state index contributed by atoms with van der Waals surface area (Å²) < 4.78 is 24.8. The molecule has 76 heavy (non-hydrogen) atoms. The molecule has 0 aliphatic rings. The van der Waals surface area contributed by atoms with Gasteiger partial charge >= 0.3 is 8.60 Å². The van der Waals surface area contributed by atoms with Crippen molar-refractivity contribution in [3.63, 3.8) is 0 Å². The van der Waals surface area contributed by atoms with Crippen molar-refractivity contribution in [2.24, 2.45) is 0 Å². The Kier molecular flexibility index (Phi) is 28.8. The fourth-order valence-electron chi connectivity index (χ4n) is 11.6. The zero-order valence-corrected chi connectivity index (χ0v) is 48.6. The molecule has 4 heteroatoms. The minimum atomic E-state index is -2.17. The highest BCUT2D eigenvalue weighted by Crippen LogP contribution is 2.62. The van der Waals surface area contributed by atoms with Gasteiger partial charge < -0.3 is 0 Å². The molecule has 0 aliphatic heterocycles. The lowest BCUT2D eigenvalue weighted by molar-refractivity contribution is -0.0253. The summed E-state index contributed by atoms with van der Waals surface area (Å²) in [6, 6.07) is 66.3. The van der Waals surface area contributed by atoms with Gasteiger partial charge in [-0.15, -0.1) is 0 Å². The summed E-state index contributed by atoms with van der Waals surface area (Å²) in [6.07, 6.45) is 36.2. The minimum absolute atomic E-state index is 0.798. The van der Waals surface area contributed by atoms with Crippen molar-refractivity contribution >= 4 is 8.60 Å². The molecule has 6 aromatic rings. The van der Waals surface area contributed by atoms with Crippen LogP contribution in [0.2, 0.25) is 0 Å². The van der Waals surface area contributed by atoms with Crippen LogP contribution in [0.5, 0.6) is 0 Å². The fraction of sp³-hybridized carbons (Fsp3) is 0.500. The second kappa shape index (κ2) is 35.9. The van der Waals surface area contributed by atoms with Crippen molar-refractivity contribution in [1.82, 2.24) is 0 Å². The molecule has 410 valence electrons. The third-order valence-corrected chi connectivity index (χ3v) is 17.4. The van der Waals surface area contributed by atoms with E-state index >= 15 is 0 Å². The first-order chi connectivity index (χ1) is 37.6. The molecule has 0 saturated heterocycles. The van der Waals surface area contributed by atoms with E-state index in [1.54, 1.807) is 0 Å². The van der Waals surface area contributed by atoms with Gasteiger partial charge in [0, 0.05) is 0 Å². The molecule has 6 rings (SSSR count). The van der Waals surface area contributed by atoms with Gasteiger partial charge in [0.2, 0.25) is 0 Å². The molecule has 0 bridgehead atoms. The van der Waals surface area contributed by atoms with E-state index in [0.29, 0.717) is 0 Å². The molecular weight excluding hydrogens is 944 g/mol. The van der Waals surface area contributed by atoms with Crippen LogP contribution in [0.25, 0.3) is 0 Å². The Balaban J connectivity index is 1.50. The molecule has 0 saturated carbocycles. The average molecular weight is 1040 g/mol. The van der Waals surface area contributed by atoms with E-state index in [9.17, 15) is 0 Å². The number of hydrogen-bond acceptors (Lipinski definition) is 3. The molecule has 0 fully saturated rings. The van der Waals surface area contributed by atoms with Crippen LogP contribution in [0.3, 0.4) is 0 Å². The van der Waals surface area contributed by atoms with Gasteiger partial charge in [0.05, 0.1) is 0 Å². The second-order valence-electron chi connectivity index (χ2n) is 21.9. The maximum atomic E-state index is 8.28. The number of rotatable bonds is 42. The molecule has 3 nitrogen and oxygen atoms in total. The lowest BCUT2D eigenvalue weighted by Crippen LogP contribution is -2.37. The van der Waals surface area contributed by atoms with Crippen molar-refractivity contribution in [1.29, 1.82) is 0 Å². The van der Waals surface area contributed by atoms with Crippen LogP contribution in [0.1, 0.15) is 247 Å². The molecule has 0 aromatic heterocycles. The molecule has 6 aromatic carbocycles. The highest BCUT2D eigenvalue weighted by atomic mass is 31.2. The SMILES string of the molecule is CCCCCCCCCCCC(OP(OC(CCCCCCCCCCC)(c1ccccc1)c1ccccc1)OC(CCCCCCCCCCC)(c1ccccc1)c1ccccc1)(c1ccccc1)c1ccccc1. The zero-order valence-electron chi connectivity index (χ0n) is 47.7. The van der Waals surface area contributed by atoms with Crippen LogP contribution in [-0.2, 0) is 30.4 Å². The Bertz CT molecular complexity index is 1920. The quantitative estimate of drug-likeness (QED) is 0.0282. The van der Waals surface area contributed by atoms with Crippen molar-refractivity contribution < 1.29 is 13.6 Å². The molecule has 0 aliphatic carbocycles. The minimum Gasteiger partial charge on any atom is -0.296 e. The van der Waals surface area contributed by atoms with Gasteiger partial charge in [-0.3, -0.25) is 13.6 Å². The number of unbranched alkanes of at least 4 members (excludes halogenated alkanes) is 24. The molecule has 0 unspecified atom stereocenters. The van der Waals surface area contributed by atoms with E-state index in [1.807, 2.05) is 0 Å². The van der Waals surface area contributed by atoms with Crippen molar-refractivity contribution in [3.8, 4) is 0 Å². The first-order valence-corrected chi connectivity index (χ1v) is 31.9. The normalized spacial score (nSPS) is 12.2. The van der Waals surface area contributed by atoms with Crippen molar-refractivity contribution in [3.05, 3.63) is 215 Å². The summed E-state index contributed by atoms with van der Waals surface area (Å²) in [5.74, 6) is 0. The third-order valence-electron chi connectivity index (χ3n) is 16.0. The Morgan fingerprint density at radius 3 is 0.553 bits per heavy atom. The highest BCUT2D eigenvalue weighted by Gasteiger charge is 2.48. The van der Waals surface area contributed by atoms with Crippen LogP contribution in [-0.4, -0.2) is 0 Å². The summed E-state index contributed by atoms with van der Waals surface area (Å²) >= 11 is 0. The number of hydrogen-bond donors (Lipinski definition) is 0. The molecular formula is C72H99O3P. The summed E-state index contributed by atoms with van der Waals surface area (Å²) in [4.78, 5) is 0. The highest BCUT2D eigenvalue weighted by molar-refractivity contribution is 7.41. The summed E-state index contributed by atoms with van der Waals surface area (Å²) in [5, 5.41) is 0. The molecule has 0 spiro atoms. The van der Waals surface area contributed by atoms with E-state index in [-0.39, 0.29) is 0 Å². The maximum Gasteiger partial charge on any atom is 0.336 e. The largest absolute Gasteiger partial charge is 0.336 e. The predicted molar refractivity (Wildman–Crippen MR) is 327 cm³/mol. The summed E-state index contributed by atoms with van der Waals surface area (Å²) in [6.45, 7) is 6.91. The molecule has 0 radical (unpaired) electrons. The van der Waals surface area contributed by atoms with Gasteiger partial charge in [0.25, 0.3) is 0 Å². The van der Waals surface area contributed by atoms with Gasteiger partial charge in [-0.1, -0.05) is 357 Å². The Morgan fingerprint density at radius 2 is 0.382 bits per heavy atom. The van der Waals surface area contributed by atoms with Crippen LogP contribution in [0.15, 0.2) is 182 Å². The van der Waals surface area contributed by atoms with E-state index in [0.717, 1.165) is 91.2 Å². The lowest BCUT2D eigenvalue weighted by Gasteiger charge is -2.45. The summed E-state index contributed by atoms with van der Waals surface area (Å²) in [5.41, 5.74) is 4.18. The van der Waals surface area contributed by atoms with Gasteiger partial charge in [0.1, 0.15) is 16.8 Å². The van der Waals surface area contributed by atoms with E-state index < -0.39 is 25.4 Å². The Labute approximate surface area is 465 Å². The third kappa shape index (κ3) is 19.2. The first kappa shape index (κ1) is 60.9. The van der Waals surface area contributed by atoms with Gasteiger partial charge in [-0.05, 0) is 71.9 Å². The fourth-order valence-corrected chi connectivity index (χ4v) is 13.3. The van der Waals surface area contributed by atoms with Crippen molar-refractivity contribution in [2.45, 2.75) is 230 Å². The summed E-state index contributed by atoms with van der Waals surface area (Å²) in [7, 11) is -2.17. The van der Waals surface area contributed by atoms with Gasteiger partial charge in [-0.25, -0.2) is 0 Å². The second-order valence-corrected chi connectivity index (χ2v) is 22.9. The van der Waals surface area contributed by atoms with Crippen LogP contribution >= 0.6 is 8.60 Å². The topological polar surface area (TPSA) is 27.7 Å². The van der Waals surface area contributed by atoms with E-state index in [4.69, 9.17) is 13.6 Å². The monoisotopic (exact) mass is 1040 g/mol. The Hall–Kier alpha value is -4.37. The zero-order chi connectivity index (χ0) is 53.1. The molecule has 0 atom stereocenters. The molecule has 0 heterocycles. The number of benzene rings is 6. The van der Waals surface area contributed by atoms with Crippen LogP contribution in [0.4, 0.5) is 0 Å². The average Bonchev–Trinajstić information content (AvgIpc) is 3.49. The molecule has 0 amide bonds. The maximum absolute atomic E-state index is 8.28. The van der Waals surface area contributed by atoms with E-state index in [1.165, 1.54) is 135 Å².